The average Bonchev–Trinajstić information content (AvgIpc) is 2.39. The zero-order chi connectivity index (χ0) is 13.5. The lowest BCUT2D eigenvalue weighted by molar-refractivity contribution is -0.146. The van der Waals surface area contributed by atoms with Crippen LogP contribution in [0.15, 0.2) is 18.3 Å². The molecule has 1 rings (SSSR count). The van der Waals surface area contributed by atoms with Gasteiger partial charge < -0.3 is 20.5 Å². The highest BCUT2D eigenvalue weighted by Crippen LogP contribution is 2.11. The van der Waals surface area contributed by atoms with Crippen LogP contribution in [0.25, 0.3) is 0 Å². The molecule has 1 atom stereocenters. The van der Waals surface area contributed by atoms with E-state index in [1.807, 2.05) is 0 Å². The number of anilines is 1. The summed E-state index contributed by atoms with van der Waals surface area (Å²) in [5.41, 5.74) is 5.41. The Morgan fingerprint density at radius 3 is 2.72 bits per heavy atom. The van der Waals surface area contributed by atoms with Crippen molar-refractivity contribution in [3.05, 3.63) is 18.3 Å². The van der Waals surface area contributed by atoms with Gasteiger partial charge in [0.05, 0.1) is 19.9 Å². The van der Waals surface area contributed by atoms with Gasteiger partial charge in [0.1, 0.15) is 11.6 Å². The molecule has 0 aromatic carbocycles. The van der Waals surface area contributed by atoms with Gasteiger partial charge in [-0.25, -0.2) is 9.78 Å². The number of pyridine rings is 1. The highest BCUT2D eigenvalue weighted by atomic mass is 16.5. The first-order chi connectivity index (χ1) is 8.58. The summed E-state index contributed by atoms with van der Waals surface area (Å²) < 4.78 is 9.55. The van der Waals surface area contributed by atoms with Gasteiger partial charge in [0.15, 0.2) is 6.04 Å². The van der Waals surface area contributed by atoms with Crippen LogP contribution in [0.4, 0.5) is 5.82 Å². The van der Waals surface area contributed by atoms with Crippen molar-refractivity contribution >= 4 is 17.7 Å². The van der Waals surface area contributed by atoms with Crippen LogP contribution in [0.5, 0.6) is 5.75 Å². The van der Waals surface area contributed by atoms with Crippen LogP contribution in [0.2, 0.25) is 0 Å². The van der Waals surface area contributed by atoms with Crippen molar-refractivity contribution in [2.75, 3.05) is 19.0 Å². The SMILES string of the molecule is CCOC(=O)C(N)C(=O)Nc1ccc(OC)cn1. The van der Waals surface area contributed by atoms with E-state index in [0.717, 1.165) is 0 Å². The Balaban J connectivity index is 2.60. The lowest BCUT2D eigenvalue weighted by Crippen LogP contribution is -2.43. The summed E-state index contributed by atoms with van der Waals surface area (Å²) in [5, 5.41) is 2.40. The molecular formula is C11H15N3O4. The minimum atomic E-state index is -1.37. The fourth-order valence-electron chi connectivity index (χ4n) is 1.12. The van der Waals surface area contributed by atoms with E-state index in [1.54, 1.807) is 13.0 Å². The van der Waals surface area contributed by atoms with Gasteiger partial charge in [0, 0.05) is 0 Å². The van der Waals surface area contributed by atoms with Crippen LogP contribution in [-0.2, 0) is 14.3 Å². The maximum Gasteiger partial charge on any atom is 0.332 e. The van der Waals surface area contributed by atoms with Crippen molar-refractivity contribution in [2.24, 2.45) is 5.73 Å². The number of carbonyl (C=O) groups is 2. The number of hydrogen-bond donors (Lipinski definition) is 2. The fraction of sp³-hybridized carbons (Fsp3) is 0.364. The van der Waals surface area contributed by atoms with Crippen LogP contribution < -0.4 is 15.8 Å². The molecule has 0 saturated heterocycles. The third-order valence-electron chi connectivity index (χ3n) is 2.05. The Hall–Kier alpha value is -2.15. The number of methoxy groups -OCH3 is 1. The van der Waals surface area contributed by atoms with Gasteiger partial charge in [-0.3, -0.25) is 4.79 Å². The smallest absolute Gasteiger partial charge is 0.332 e. The van der Waals surface area contributed by atoms with Gasteiger partial charge in [-0.05, 0) is 19.1 Å². The summed E-state index contributed by atoms with van der Waals surface area (Å²) >= 11 is 0. The number of esters is 1. The van der Waals surface area contributed by atoms with Crippen molar-refractivity contribution in [2.45, 2.75) is 13.0 Å². The number of hydrogen-bond acceptors (Lipinski definition) is 6. The summed E-state index contributed by atoms with van der Waals surface area (Å²) in [6.07, 6.45) is 1.44. The monoisotopic (exact) mass is 253 g/mol. The Morgan fingerprint density at radius 1 is 1.50 bits per heavy atom. The predicted molar refractivity (Wildman–Crippen MR) is 64.0 cm³/mol. The fourth-order valence-corrected chi connectivity index (χ4v) is 1.12. The van der Waals surface area contributed by atoms with E-state index in [1.165, 1.54) is 19.4 Å². The highest BCUT2D eigenvalue weighted by molar-refractivity contribution is 6.07. The molecule has 98 valence electrons. The number of nitrogens with one attached hydrogen (secondary N) is 1. The van der Waals surface area contributed by atoms with Crippen LogP contribution >= 0.6 is 0 Å². The summed E-state index contributed by atoms with van der Waals surface area (Å²) in [4.78, 5) is 26.7. The van der Waals surface area contributed by atoms with E-state index in [0.29, 0.717) is 5.75 Å². The normalized spacial score (nSPS) is 11.5. The topological polar surface area (TPSA) is 104 Å². The second-order valence-corrected chi connectivity index (χ2v) is 3.30. The molecule has 3 N–H and O–H groups in total. The van der Waals surface area contributed by atoms with E-state index in [-0.39, 0.29) is 12.4 Å². The number of amides is 1. The third kappa shape index (κ3) is 3.70. The Labute approximate surface area is 104 Å². The number of ether oxygens (including phenoxy) is 2. The molecule has 0 spiro atoms. The van der Waals surface area contributed by atoms with E-state index in [9.17, 15) is 9.59 Å². The molecule has 0 bridgehead atoms. The molecule has 0 aliphatic heterocycles. The van der Waals surface area contributed by atoms with Crippen molar-refractivity contribution in [1.82, 2.24) is 4.98 Å². The molecule has 1 aromatic heterocycles. The first-order valence-corrected chi connectivity index (χ1v) is 5.31. The van der Waals surface area contributed by atoms with Crippen LogP contribution in [0.3, 0.4) is 0 Å². The quantitative estimate of drug-likeness (QED) is 0.562. The maximum absolute atomic E-state index is 11.6. The maximum atomic E-state index is 11.6. The second-order valence-electron chi connectivity index (χ2n) is 3.30. The lowest BCUT2D eigenvalue weighted by atomic mass is 10.3. The molecule has 7 heteroatoms. The summed E-state index contributed by atoms with van der Waals surface area (Å²) in [6.45, 7) is 1.80. The first-order valence-electron chi connectivity index (χ1n) is 5.31. The minimum Gasteiger partial charge on any atom is -0.495 e. The first kappa shape index (κ1) is 13.9. The standard InChI is InChI=1S/C11H15N3O4/c1-3-18-11(16)9(12)10(15)14-8-5-4-7(17-2)6-13-8/h4-6,9H,3,12H2,1-2H3,(H,13,14,15). The number of rotatable bonds is 5. The van der Waals surface area contributed by atoms with Crippen molar-refractivity contribution in [3.8, 4) is 5.75 Å². The average molecular weight is 253 g/mol. The Bertz CT molecular complexity index is 419. The van der Waals surface area contributed by atoms with Crippen LogP contribution in [0, 0.1) is 0 Å². The number of aromatic nitrogens is 1. The number of nitrogens with two attached hydrogens (primary N) is 1. The van der Waals surface area contributed by atoms with Gasteiger partial charge >= 0.3 is 5.97 Å². The Kier molecular flexibility index (Phi) is 5.06. The number of carbonyl (C=O) groups excluding carboxylic acids is 2. The van der Waals surface area contributed by atoms with Crippen molar-refractivity contribution < 1.29 is 19.1 Å². The zero-order valence-electron chi connectivity index (χ0n) is 10.2. The molecule has 0 fully saturated rings. The third-order valence-corrected chi connectivity index (χ3v) is 2.05. The molecular weight excluding hydrogens is 238 g/mol. The molecule has 0 aliphatic rings. The Morgan fingerprint density at radius 2 is 2.22 bits per heavy atom. The van der Waals surface area contributed by atoms with Gasteiger partial charge in [0.25, 0.3) is 5.91 Å². The van der Waals surface area contributed by atoms with E-state index in [2.05, 4.69) is 15.0 Å². The van der Waals surface area contributed by atoms with Gasteiger partial charge in [0.2, 0.25) is 0 Å². The minimum absolute atomic E-state index is 0.167. The highest BCUT2D eigenvalue weighted by Gasteiger charge is 2.23. The zero-order valence-corrected chi connectivity index (χ0v) is 10.2. The largest absolute Gasteiger partial charge is 0.495 e. The molecule has 0 saturated carbocycles. The van der Waals surface area contributed by atoms with E-state index in [4.69, 9.17) is 10.5 Å². The molecule has 1 heterocycles. The summed E-state index contributed by atoms with van der Waals surface area (Å²) in [6, 6.07) is 1.79. The van der Waals surface area contributed by atoms with Gasteiger partial charge in [-0.2, -0.15) is 0 Å². The van der Waals surface area contributed by atoms with Gasteiger partial charge in [-0.1, -0.05) is 0 Å². The van der Waals surface area contributed by atoms with Crippen molar-refractivity contribution in [1.29, 1.82) is 0 Å². The molecule has 0 radical (unpaired) electrons. The van der Waals surface area contributed by atoms with Crippen LogP contribution in [-0.4, -0.2) is 36.6 Å². The summed E-state index contributed by atoms with van der Waals surface area (Å²) in [5.74, 6) is -0.613. The molecule has 1 unspecified atom stereocenters. The van der Waals surface area contributed by atoms with Crippen LogP contribution in [0.1, 0.15) is 6.92 Å². The summed E-state index contributed by atoms with van der Waals surface area (Å²) in [7, 11) is 1.51. The lowest BCUT2D eigenvalue weighted by Gasteiger charge is -2.10. The molecule has 18 heavy (non-hydrogen) atoms. The molecule has 0 aliphatic carbocycles. The number of nitrogens with zero attached hydrogens (tertiary/aromatic N) is 1. The van der Waals surface area contributed by atoms with Crippen molar-refractivity contribution in [3.63, 3.8) is 0 Å². The van der Waals surface area contributed by atoms with E-state index >= 15 is 0 Å². The molecule has 1 aromatic rings. The molecule has 7 nitrogen and oxygen atoms in total. The second kappa shape index (κ2) is 6.55. The van der Waals surface area contributed by atoms with Gasteiger partial charge in [-0.15, -0.1) is 0 Å². The predicted octanol–water partition coefficient (Wildman–Crippen LogP) is -0.0809. The molecule has 1 amide bonds. The van der Waals surface area contributed by atoms with E-state index < -0.39 is 17.9 Å².